The molecule has 5 atom stereocenters. The standard InChI is InChI=1S/C47H44O9/c48-23-24-53-40-21-19-32(27-36(40)30-11-3-1-4-12-30)47(38-17-9-7-15-34(38)35-16-8-10-18-39(35)47)33-20-22-41(37(28-33)31-13-5-2-6-14-31)54-25-26-55-46-45(52)44(51)43(50)42(29-49)56-46/h1-22,27-28,42-46,48-52H,23-26,29H2/t42-,43-,44+,45-,46?/m1/s1. The fourth-order valence-electron chi connectivity index (χ4n) is 8.17. The number of hydrogen-bond acceptors (Lipinski definition) is 9. The first-order valence-electron chi connectivity index (χ1n) is 18.8. The number of fused-ring (bicyclic) bond motifs is 3. The Bertz CT molecular complexity index is 2210. The van der Waals surface area contributed by atoms with Crippen molar-refractivity contribution in [3.63, 3.8) is 0 Å². The number of benzene rings is 6. The highest BCUT2D eigenvalue weighted by molar-refractivity contribution is 5.88. The van der Waals surface area contributed by atoms with E-state index in [4.69, 9.17) is 18.9 Å². The summed E-state index contributed by atoms with van der Waals surface area (Å²) >= 11 is 0. The van der Waals surface area contributed by atoms with Crippen LogP contribution in [0.15, 0.2) is 146 Å². The van der Waals surface area contributed by atoms with Gasteiger partial charge in [0.05, 0.1) is 25.2 Å². The molecule has 286 valence electrons. The van der Waals surface area contributed by atoms with Gasteiger partial charge < -0.3 is 44.5 Å². The number of aliphatic hydroxyl groups excluding tert-OH is 5. The van der Waals surface area contributed by atoms with Crippen LogP contribution < -0.4 is 9.47 Å². The second-order valence-corrected chi connectivity index (χ2v) is 14.0. The molecule has 1 fully saturated rings. The normalized spacial score (nSPS) is 20.9. The minimum Gasteiger partial charge on any atom is -0.491 e. The molecule has 6 aromatic carbocycles. The molecule has 0 saturated carbocycles. The van der Waals surface area contributed by atoms with Gasteiger partial charge >= 0.3 is 0 Å². The van der Waals surface area contributed by atoms with Gasteiger partial charge in [0, 0.05) is 11.1 Å². The Morgan fingerprint density at radius 2 is 1.00 bits per heavy atom. The first kappa shape index (κ1) is 37.6. The van der Waals surface area contributed by atoms with Gasteiger partial charge in [0.1, 0.15) is 49.1 Å². The average Bonchev–Trinajstić information content (AvgIpc) is 3.56. The molecule has 0 amide bonds. The van der Waals surface area contributed by atoms with Crippen LogP contribution in [-0.4, -0.2) is 89.3 Å². The van der Waals surface area contributed by atoms with Gasteiger partial charge in [-0.05, 0) is 68.8 Å². The molecule has 56 heavy (non-hydrogen) atoms. The van der Waals surface area contributed by atoms with Crippen LogP contribution in [0.4, 0.5) is 0 Å². The third-order valence-electron chi connectivity index (χ3n) is 10.8. The molecule has 1 aliphatic carbocycles. The Balaban J connectivity index is 1.23. The molecule has 9 heteroatoms. The number of rotatable bonds is 13. The van der Waals surface area contributed by atoms with Crippen molar-refractivity contribution >= 4 is 0 Å². The quantitative estimate of drug-likeness (QED) is 0.0906. The Morgan fingerprint density at radius 3 is 1.52 bits per heavy atom. The fourth-order valence-corrected chi connectivity index (χ4v) is 8.17. The summed E-state index contributed by atoms with van der Waals surface area (Å²) in [4.78, 5) is 0. The van der Waals surface area contributed by atoms with E-state index in [-0.39, 0.29) is 26.4 Å². The lowest BCUT2D eigenvalue weighted by Gasteiger charge is -2.39. The molecule has 0 spiro atoms. The maximum atomic E-state index is 10.5. The molecule has 0 aromatic heterocycles. The first-order valence-corrected chi connectivity index (χ1v) is 18.8. The Morgan fingerprint density at radius 1 is 0.500 bits per heavy atom. The van der Waals surface area contributed by atoms with Crippen molar-refractivity contribution in [1.82, 2.24) is 0 Å². The monoisotopic (exact) mass is 752 g/mol. The van der Waals surface area contributed by atoms with E-state index < -0.39 is 42.7 Å². The lowest BCUT2D eigenvalue weighted by molar-refractivity contribution is -0.301. The van der Waals surface area contributed by atoms with Gasteiger partial charge in [0.2, 0.25) is 0 Å². The highest BCUT2D eigenvalue weighted by Crippen LogP contribution is 2.57. The van der Waals surface area contributed by atoms with E-state index in [1.807, 2.05) is 60.7 Å². The molecular weight excluding hydrogens is 709 g/mol. The van der Waals surface area contributed by atoms with Crippen LogP contribution >= 0.6 is 0 Å². The summed E-state index contributed by atoms with van der Waals surface area (Å²) in [5.74, 6) is 1.30. The van der Waals surface area contributed by atoms with E-state index >= 15 is 0 Å². The van der Waals surface area contributed by atoms with Crippen LogP contribution in [0.5, 0.6) is 11.5 Å². The van der Waals surface area contributed by atoms with Crippen molar-refractivity contribution in [2.45, 2.75) is 36.1 Å². The highest BCUT2D eigenvalue weighted by Gasteiger charge is 2.47. The summed E-state index contributed by atoms with van der Waals surface area (Å²) in [5, 5.41) is 50.1. The average molecular weight is 753 g/mol. The molecule has 1 aliphatic heterocycles. The van der Waals surface area contributed by atoms with Gasteiger partial charge in [0.15, 0.2) is 6.29 Å². The largest absolute Gasteiger partial charge is 0.491 e. The maximum Gasteiger partial charge on any atom is 0.186 e. The summed E-state index contributed by atoms with van der Waals surface area (Å²) < 4.78 is 23.8. The Kier molecular flexibility index (Phi) is 11.0. The molecule has 1 unspecified atom stereocenters. The minimum atomic E-state index is -1.53. The van der Waals surface area contributed by atoms with Crippen LogP contribution in [0.3, 0.4) is 0 Å². The third-order valence-corrected chi connectivity index (χ3v) is 10.8. The highest BCUT2D eigenvalue weighted by atomic mass is 16.7. The SMILES string of the molecule is OCCOc1ccc(C2(c3ccc(OCCOC4O[C@H](CO)[C@@H](O)[C@H](O)[C@H]4O)c(-c4ccccc4)c3)c3ccccc3-c3ccccc32)cc1-c1ccccc1. The lowest BCUT2D eigenvalue weighted by Crippen LogP contribution is -2.59. The van der Waals surface area contributed by atoms with E-state index in [2.05, 4.69) is 84.9 Å². The molecular formula is C47H44O9. The molecule has 9 nitrogen and oxygen atoms in total. The van der Waals surface area contributed by atoms with Crippen molar-refractivity contribution in [2.75, 3.05) is 33.0 Å². The molecule has 6 aromatic rings. The van der Waals surface area contributed by atoms with Gasteiger partial charge in [-0.1, -0.05) is 121 Å². The molecule has 8 rings (SSSR count). The number of aliphatic hydroxyl groups is 5. The summed E-state index contributed by atoms with van der Waals surface area (Å²) in [5.41, 5.74) is 9.64. The van der Waals surface area contributed by atoms with E-state index in [0.717, 1.165) is 55.6 Å². The minimum absolute atomic E-state index is 0.00365. The van der Waals surface area contributed by atoms with Crippen LogP contribution in [-0.2, 0) is 14.9 Å². The van der Waals surface area contributed by atoms with Crippen molar-refractivity contribution < 1.29 is 44.5 Å². The zero-order chi connectivity index (χ0) is 38.6. The molecule has 0 radical (unpaired) electrons. The van der Waals surface area contributed by atoms with Crippen LogP contribution in [0.1, 0.15) is 22.3 Å². The van der Waals surface area contributed by atoms with Gasteiger partial charge in [-0.25, -0.2) is 0 Å². The van der Waals surface area contributed by atoms with E-state index in [1.54, 1.807) is 0 Å². The molecule has 2 aliphatic rings. The second kappa shape index (κ2) is 16.4. The van der Waals surface area contributed by atoms with Crippen LogP contribution in [0.2, 0.25) is 0 Å². The predicted molar refractivity (Wildman–Crippen MR) is 212 cm³/mol. The Labute approximate surface area is 325 Å². The van der Waals surface area contributed by atoms with Crippen LogP contribution in [0, 0.1) is 0 Å². The maximum absolute atomic E-state index is 10.5. The molecule has 5 N–H and O–H groups in total. The van der Waals surface area contributed by atoms with Gasteiger partial charge in [0.25, 0.3) is 0 Å². The second-order valence-electron chi connectivity index (χ2n) is 14.0. The first-order chi connectivity index (χ1) is 27.4. The smallest absolute Gasteiger partial charge is 0.186 e. The van der Waals surface area contributed by atoms with E-state index in [0.29, 0.717) is 11.5 Å². The van der Waals surface area contributed by atoms with Gasteiger partial charge in [-0.2, -0.15) is 0 Å². The van der Waals surface area contributed by atoms with Gasteiger partial charge in [-0.15, -0.1) is 0 Å². The fraction of sp³-hybridized carbons (Fsp3) is 0.234. The van der Waals surface area contributed by atoms with Crippen molar-refractivity contribution in [3.8, 4) is 44.9 Å². The lowest BCUT2D eigenvalue weighted by atomic mass is 9.67. The number of hydrogen-bond donors (Lipinski definition) is 5. The number of ether oxygens (including phenoxy) is 4. The summed E-state index contributed by atoms with van der Waals surface area (Å²) in [6.45, 7) is -0.389. The van der Waals surface area contributed by atoms with E-state index in [9.17, 15) is 25.5 Å². The van der Waals surface area contributed by atoms with Crippen LogP contribution in [0.25, 0.3) is 33.4 Å². The van der Waals surface area contributed by atoms with Gasteiger partial charge in [-0.3, -0.25) is 0 Å². The van der Waals surface area contributed by atoms with E-state index in [1.165, 1.54) is 0 Å². The topological polar surface area (TPSA) is 138 Å². The third kappa shape index (κ3) is 6.78. The zero-order valence-electron chi connectivity index (χ0n) is 30.6. The van der Waals surface area contributed by atoms with Crippen molar-refractivity contribution in [2.24, 2.45) is 0 Å². The summed E-state index contributed by atoms with van der Waals surface area (Å²) in [6.07, 6.45) is -6.83. The summed E-state index contributed by atoms with van der Waals surface area (Å²) in [7, 11) is 0. The predicted octanol–water partition coefficient (Wildman–Crippen LogP) is 5.95. The molecule has 1 saturated heterocycles. The van der Waals surface area contributed by atoms with Crippen molar-refractivity contribution in [1.29, 1.82) is 0 Å². The summed E-state index contributed by atoms with van der Waals surface area (Å²) in [6, 6.07) is 49.9. The Hall–Kier alpha value is -5.36. The zero-order valence-corrected chi connectivity index (χ0v) is 30.6. The molecule has 0 bridgehead atoms. The van der Waals surface area contributed by atoms with Crippen molar-refractivity contribution in [3.05, 3.63) is 168 Å². The molecule has 1 heterocycles.